The van der Waals surface area contributed by atoms with Crippen molar-refractivity contribution in [3.8, 4) is 0 Å². The first-order valence-electron chi connectivity index (χ1n) is 10.9. The number of halogens is 1. The number of hydrogen-bond acceptors (Lipinski definition) is 5. The third-order valence-electron chi connectivity index (χ3n) is 7.01. The highest BCUT2D eigenvalue weighted by molar-refractivity contribution is 6.37. The van der Waals surface area contributed by atoms with E-state index in [0.717, 1.165) is 10.5 Å². The molecule has 2 aliphatic heterocycles. The zero-order valence-corrected chi connectivity index (χ0v) is 18.8. The summed E-state index contributed by atoms with van der Waals surface area (Å²) in [6.07, 6.45) is -0.962. The number of anilines is 1. The van der Waals surface area contributed by atoms with Crippen LogP contribution in [0.4, 0.5) is 5.69 Å². The zero-order valence-electron chi connectivity index (χ0n) is 18.0. The molecule has 3 aromatic rings. The number of benzene rings is 3. The van der Waals surface area contributed by atoms with Crippen molar-refractivity contribution in [3.63, 3.8) is 0 Å². The summed E-state index contributed by atoms with van der Waals surface area (Å²) in [4.78, 5) is 56.0. The highest BCUT2D eigenvalue weighted by Crippen LogP contribution is 2.57. The van der Waals surface area contributed by atoms with Crippen molar-refractivity contribution in [1.82, 2.24) is 0 Å². The molecular weight excluding hydrogens is 454 g/mol. The van der Waals surface area contributed by atoms with E-state index in [9.17, 15) is 19.2 Å². The molecule has 2 heterocycles. The molecule has 6 nitrogen and oxygen atoms in total. The zero-order chi connectivity index (χ0) is 23.8. The van der Waals surface area contributed by atoms with E-state index < -0.39 is 46.9 Å². The van der Waals surface area contributed by atoms with Crippen LogP contribution in [0, 0.1) is 18.8 Å². The minimum absolute atomic E-state index is 0.206. The van der Waals surface area contributed by atoms with Crippen molar-refractivity contribution in [2.24, 2.45) is 11.8 Å². The fourth-order valence-electron chi connectivity index (χ4n) is 5.42. The number of nitrogens with zero attached hydrogens (tertiary/aromatic N) is 1. The van der Waals surface area contributed by atoms with E-state index in [1.54, 1.807) is 72.8 Å². The van der Waals surface area contributed by atoms with Crippen LogP contribution in [0.15, 0.2) is 72.8 Å². The van der Waals surface area contributed by atoms with Gasteiger partial charge >= 0.3 is 0 Å². The lowest BCUT2D eigenvalue weighted by Crippen LogP contribution is -2.51. The average Bonchev–Trinajstić information content (AvgIpc) is 3.40. The van der Waals surface area contributed by atoms with Gasteiger partial charge in [-0.3, -0.25) is 19.2 Å². The molecule has 3 atom stereocenters. The van der Waals surface area contributed by atoms with Gasteiger partial charge in [0, 0.05) is 16.1 Å². The lowest BCUT2D eigenvalue weighted by molar-refractivity contribution is -0.127. The number of amides is 2. The van der Waals surface area contributed by atoms with E-state index in [-0.39, 0.29) is 11.1 Å². The van der Waals surface area contributed by atoms with Gasteiger partial charge in [0.25, 0.3) is 0 Å². The van der Waals surface area contributed by atoms with Crippen LogP contribution in [0.2, 0.25) is 5.02 Å². The standard InChI is InChI=1S/C27H18ClNO5/c1-14-6-12-17(13-7-14)29-25(32)20-21(26(29)33)27(34-22(20)15-8-10-16(28)11-9-15)23(30)18-4-2-3-5-19(18)24(27)31/h2-13,20-22H,1H3. The van der Waals surface area contributed by atoms with E-state index in [1.165, 1.54) is 0 Å². The molecule has 0 bridgehead atoms. The Kier molecular flexibility index (Phi) is 4.43. The van der Waals surface area contributed by atoms with Crippen LogP contribution < -0.4 is 4.90 Å². The Bertz CT molecular complexity index is 1360. The van der Waals surface area contributed by atoms with Gasteiger partial charge in [0.2, 0.25) is 29.0 Å². The number of carbonyl (C=O) groups excluding carboxylic acids is 4. The number of hydrogen-bond donors (Lipinski definition) is 0. The van der Waals surface area contributed by atoms with Crippen LogP contribution in [-0.2, 0) is 14.3 Å². The predicted molar refractivity (Wildman–Crippen MR) is 124 cm³/mol. The third-order valence-corrected chi connectivity index (χ3v) is 7.26. The first-order valence-corrected chi connectivity index (χ1v) is 11.3. The SMILES string of the molecule is Cc1ccc(N2C(=O)C3C(c4ccc(Cl)cc4)OC4(C(=O)c5ccccc5C4=O)C3C2=O)cc1. The van der Waals surface area contributed by atoms with Gasteiger partial charge < -0.3 is 4.74 Å². The highest BCUT2D eigenvalue weighted by Gasteiger charge is 2.74. The molecule has 2 amide bonds. The van der Waals surface area contributed by atoms with Crippen LogP contribution in [0.25, 0.3) is 0 Å². The monoisotopic (exact) mass is 471 g/mol. The second-order valence-corrected chi connectivity index (χ2v) is 9.32. The van der Waals surface area contributed by atoms with E-state index in [4.69, 9.17) is 16.3 Å². The van der Waals surface area contributed by atoms with Crippen molar-refractivity contribution >= 4 is 40.7 Å². The van der Waals surface area contributed by atoms with Crippen LogP contribution in [0.3, 0.4) is 0 Å². The second-order valence-electron chi connectivity index (χ2n) is 8.88. The summed E-state index contributed by atoms with van der Waals surface area (Å²) in [5.74, 6) is -4.55. The molecule has 3 aliphatic rings. The predicted octanol–water partition coefficient (Wildman–Crippen LogP) is 4.34. The maximum Gasteiger partial charge on any atom is 0.241 e. The molecular formula is C27H18ClNO5. The quantitative estimate of drug-likeness (QED) is 0.410. The number of fused-ring (bicyclic) bond motifs is 3. The molecule has 2 saturated heterocycles. The number of ketones is 2. The molecule has 3 aromatic carbocycles. The van der Waals surface area contributed by atoms with Crippen LogP contribution in [0.5, 0.6) is 0 Å². The fourth-order valence-corrected chi connectivity index (χ4v) is 5.54. The topological polar surface area (TPSA) is 80.8 Å². The van der Waals surface area contributed by atoms with Crippen molar-refractivity contribution in [1.29, 1.82) is 0 Å². The van der Waals surface area contributed by atoms with Crippen molar-refractivity contribution in [2.45, 2.75) is 18.6 Å². The first-order chi connectivity index (χ1) is 16.3. The first kappa shape index (κ1) is 21.0. The van der Waals surface area contributed by atoms with Crippen LogP contribution >= 0.6 is 11.6 Å². The van der Waals surface area contributed by atoms with Gasteiger partial charge in [-0.1, -0.05) is 65.7 Å². The number of imide groups is 1. The summed E-state index contributed by atoms with van der Waals surface area (Å²) in [6, 6.07) is 20.1. The normalized spacial score (nSPS) is 24.8. The summed E-state index contributed by atoms with van der Waals surface area (Å²) < 4.78 is 6.24. The minimum atomic E-state index is -2.08. The van der Waals surface area contributed by atoms with Crippen molar-refractivity contribution in [2.75, 3.05) is 4.90 Å². The highest BCUT2D eigenvalue weighted by atomic mass is 35.5. The summed E-state index contributed by atoms with van der Waals surface area (Å²) >= 11 is 6.05. The van der Waals surface area contributed by atoms with Crippen LogP contribution in [0.1, 0.15) is 37.9 Å². The second kappa shape index (κ2) is 7.19. The molecule has 1 spiro atoms. The lowest BCUT2D eigenvalue weighted by Gasteiger charge is -2.27. The van der Waals surface area contributed by atoms with Gasteiger partial charge in [-0.2, -0.15) is 0 Å². The number of carbonyl (C=O) groups is 4. The summed E-state index contributed by atoms with van der Waals surface area (Å²) in [5.41, 5.74) is 0.271. The lowest BCUT2D eigenvalue weighted by atomic mass is 9.77. The molecule has 7 heteroatoms. The average molecular weight is 472 g/mol. The van der Waals surface area contributed by atoms with Gasteiger partial charge in [-0.05, 0) is 36.8 Å². The number of aryl methyl sites for hydroxylation is 1. The summed E-state index contributed by atoms with van der Waals surface area (Å²) in [6.45, 7) is 1.90. The van der Waals surface area contributed by atoms with Crippen LogP contribution in [-0.4, -0.2) is 29.0 Å². The van der Waals surface area contributed by atoms with Crippen molar-refractivity contribution < 1.29 is 23.9 Å². The Labute approximate surface area is 200 Å². The maximum absolute atomic E-state index is 13.8. The Morgan fingerprint density at radius 2 is 1.38 bits per heavy atom. The minimum Gasteiger partial charge on any atom is -0.349 e. The van der Waals surface area contributed by atoms with Gasteiger partial charge in [0.1, 0.15) is 0 Å². The van der Waals surface area contributed by atoms with Gasteiger partial charge in [0.15, 0.2) is 0 Å². The smallest absolute Gasteiger partial charge is 0.241 e. The molecule has 34 heavy (non-hydrogen) atoms. The summed E-state index contributed by atoms with van der Waals surface area (Å²) in [5, 5.41) is 0.489. The molecule has 0 radical (unpaired) electrons. The molecule has 2 fully saturated rings. The number of ether oxygens (including phenoxy) is 1. The Balaban J connectivity index is 1.54. The molecule has 1 aliphatic carbocycles. The van der Waals surface area contributed by atoms with E-state index in [1.807, 2.05) is 6.92 Å². The van der Waals surface area contributed by atoms with E-state index in [0.29, 0.717) is 16.3 Å². The molecule has 3 unspecified atom stereocenters. The van der Waals surface area contributed by atoms with Gasteiger partial charge in [-0.15, -0.1) is 0 Å². The van der Waals surface area contributed by atoms with Gasteiger partial charge in [0.05, 0.1) is 23.6 Å². The molecule has 0 N–H and O–H groups in total. The van der Waals surface area contributed by atoms with Crippen molar-refractivity contribution in [3.05, 3.63) is 100 Å². The van der Waals surface area contributed by atoms with Gasteiger partial charge in [-0.25, -0.2) is 4.90 Å². The Morgan fingerprint density at radius 1 is 0.794 bits per heavy atom. The van der Waals surface area contributed by atoms with E-state index >= 15 is 0 Å². The van der Waals surface area contributed by atoms with E-state index in [2.05, 4.69) is 0 Å². The number of Topliss-reactive ketones (excluding diaryl/α,β-unsaturated/α-hetero) is 2. The fraction of sp³-hybridized carbons (Fsp3) is 0.185. The Morgan fingerprint density at radius 3 is 1.97 bits per heavy atom. The third kappa shape index (κ3) is 2.61. The largest absolute Gasteiger partial charge is 0.349 e. The molecule has 0 saturated carbocycles. The Hall–Kier alpha value is -3.61. The maximum atomic E-state index is 13.8. The number of rotatable bonds is 2. The molecule has 168 valence electrons. The summed E-state index contributed by atoms with van der Waals surface area (Å²) in [7, 11) is 0. The molecule has 0 aromatic heterocycles. The molecule has 6 rings (SSSR count).